The highest BCUT2D eigenvalue weighted by molar-refractivity contribution is 7.09. The van der Waals surface area contributed by atoms with Crippen molar-refractivity contribution in [1.82, 2.24) is 9.80 Å². The number of nitrogens with zero attached hydrogens (tertiary/aromatic N) is 2. The van der Waals surface area contributed by atoms with E-state index in [1.165, 1.54) is 0 Å². The van der Waals surface area contributed by atoms with E-state index in [2.05, 4.69) is 0 Å². The summed E-state index contributed by atoms with van der Waals surface area (Å²) in [5.74, 6) is 0.0421. The molecule has 0 saturated carbocycles. The van der Waals surface area contributed by atoms with E-state index in [-0.39, 0.29) is 12.5 Å². The van der Waals surface area contributed by atoms with Crippen LogP contribution in [-0.4, -0.2) is 67.8 Å². The van der Waals surface area contributed by atoms with E-state index < -0.39 is 6.10 Å². The van der Waals surface area contributed by atoms with Gasteiger partial charge in [-0.15, -0.1) is 11.3 Å². The van der Waals surface area contributed by atoms with Crippen LogP contribution in [0.25, 0.3) is 0 Å². The Morgan fingerprint density at radius 1 is 1.53 bits per heavy atom. The predicted molar refractivity (Wildman–Crippen MR) is 76.2 cm³/mol. The van der Waals surface area contributed by atoms with Crippen LogP contribution in [0.3, 0.4) is 0 Å². The Balaban J connectivity index is 2.32. The third-order valence-electron chi connectivity index (χ3n) is 2.69. The number of carbonyl (C=O) groups excluding carboxylic acids is 1. The summed E-state index contributed by atoms with van der Waals surface area (Å²) >= 11 is 1.64. The number of hydrogen-bond acceptors (Lipinski definition) is 5. The number of rotatable bonds is 8. The fraction of sp³-hybridized carbons (Fsp3) is 0.615. The van der Waals surface area contributed by atoms with Gasteiger partial charge in [-0.25, -0.2) is 0 Å². The predicted octanol–water partition coefficient (Wildman–Crippen LogP) is 0.646. The second-order valence-electron chi connectivity index (χ2n) is 4.64. The SMILES string of the molecule is COCC(O)CN(C)CC(=O)N(C)Cc1cccs1. The number of likely N-dealkylation sites (N-methyl/N-ethyl adjacent to an activating group) is 2. The molecule has 0 radical (unpaired) electrons. The van der Waals surface area contributed by atoms with Gasteiger partial charge in [0.15, 0.2) is 0 Å². The van der Waals surface area contributed by atoms with Crippen LogP contribution in [0.2, 0.25) is 0 Å². The van der Waals surface area contributed by atoms with Crippen LogP contribution in [0.15, 0.2) is 17.5 Å². The Morgan fingerprint density at radius 2 is 2.26 bits per heavy atom. The van der Waals surface area contributed by atoms with Crippen LogP contribution in [0, 0.1) is 0 Å². The maximum absolute atomic E-state index is 12.0. The van der Waals surface area contributed by atoms with Gasteiger partial charge in [0, 0.05) is 25.6 Å². The van der Waals surface area contributed by atoms with E-state index in [1.807, 2.05) is 24.6 Å². The van der Waals surface area contributed by atoms with E-state index in [9.17, 15) is 9.90 Å². The number of hydrogen-bond donors (Lipinski definition) is 1. The molecular weight excluding hydrogens is 264 g/mol. The van der Waals surface area contributed by atoms with Gasteiger partial charge in [-0.05, 0) is 18.5 Å². The summed E-state index contributed by atoms with van der Waals surface area (Å²) in [6, 6.07) is 3.99. The van der Waals surface area contributed by atoms with E-state index in [0.29, 0.717) is 19.6 Å². The van der Waals surface area contributed by atoms with Crippen molar-refractivity contribution in [2.24, 2.45) is 0 Å². The summed E-state index contributed by atoms with van der Waals surface area (Å²) in [7, 11) is 5.15. The molecule has 0 aliphatic heterocycles. The number of carbonyl (C=O) groups is 1. The average Bonchev–Trinajstić information content (AvgIpc) is 2.81. The molecule has 0 aromatic carbocycles. The lowest BCUT2D eigenvalue weighted by molar-refractivity contribution is -0.131. The van der Waals surface area contributed by atoms with Crippen molar-refractivity contribution in [3.05, 3.63) is 22.4 Å². The van der Waals surface area contributed by atoms with Crippen LogP contribution in [-0.2, 0) is 16.1 Å². The highest BCUT2D eigenvalue weighted by atomic mass is 32.1. The molecular formula is C13H22N2O3S. The van der Waals surface area contributed by atoms with E-state index in [1.54, 1.807) is 35.3 Å². The summed E-state index contributed by atoms with van der Waals surface area (Å²) in [6.07, 6.45) is -0.564. The molecule has 6 heteroatoms. The maximum Gasteiger partial charge on any atom is 0.236 e. The Bertz CT molecular complexity index is 370. The van der Waals surface area contributed by atoms with Crippen LogP contribution >= 0.6 is 11.3 Å². The first-order valence-corrected chi connectivity index (χ1v) is 7.02. The molecule has 1 aromatic heterocycles. The van der Waals surface area contributed by atoms with Crippen LogP contribution in [0.5, 0.6) is 0 Å². The maximum atomic E-state index is 12.0. The van der Waals surface area contributed by atoms with Crippen LogP contribution < -0.4 is 0 Å². The van der Waals surface area contributed by atoms with Crippen molar-refractivity contribution in [3.63, 3.8) is 0 Å². The van der Waals surface area contributed by atoms with Gasteiger partial charge >= 0.3 is 0 Å². The van der Waals surface area contributed by atoms with Gasteiger partial charge in [-0.1, -0.05) is 6.07 Å². The lowest BCUT2D eigenvalue weighted by Gasteiger charge is -2.23. The van der Waals surface area contributed by atoms with Gasteiger partial charge in [0.2, 0.25) is 5.91 Å². The van der Waals surface area contributed by atoms with Gasteiger partial charge < -0.3 is 14.7 Å². The third kappa shape index (κ3) is 6.15. The van der Waals surface area contributed by atoms with E-state index in [0.717, 1.165) is 4.88 Å². The van der Waals surface area contributed by atoms with Crippen molar-refractivity contribution < 1.29 is 14.6 Å². The largest absolute Gasteiger partial charge is 0.389 e. The standard InChI is InChI=1S/C13H22N2O3S/c1-14(7-11(16)10-18-3)9-13(17)15(2)8-12-5-4-6-19-12/h4-6,11,16H,7-10H2,1-3H3. The van der Waals surface area contributed by atoms with Crippen molar-refractivity contribution in [2.75, 3.05) is 40.9 Å². The molecule has 1 N–H and O–H groups in total. The molecule has 1 amide bonds. The molecule has 0 aliphatic rings. The Kier molecular flexibility index (Phi) is 7.01. The molecule has 1 atom stereocenters. The summed E-state index contributed by atoms with van der Waals surface area (Å²) in [6.45, 7) is 1.63. The molecule has 0 fully saturated rings. The molecule has 1 unspecified atom stereocenters. The van der Waals surface area contributed by atoms with Crippen molar-refractivity contribution in [1.29, 1.82) is 0 Å². The topological polar surface area (TPSA) is 53.0 Å². The normalized spacial score (nSPS) is 12.7. The Morgan fingerprint density at radius 3 is 2.84 bits per heavy atom. The highest BCUT2D eigenvalue weighted by Crippen LogP contribution is 2.10. The lowest BCUT2D eigenvalue weighted by atomic mass is 10.3. The molecule has 0 saturated heterocycles. The van der Waals surface area contributed by atoms with Gasteiger partial charge in [0.05, 0.1) is 25.8 Å². The molecule has 1 rings (SSSR count). The van der Waals surface area contributed by atoms with Crippen molar-refractivity contribution in [3.8, 4) is 0 Å². The zero-order chi connectivity index (χ0) is 14.3. The first-order valence-electron chi connectivity index (χ1n) is 6.14. The highest BCUT2D eigenvalue weighted by Gasteiger charge is 2.14. The number of thiophene rings is 1. The molecule has 19 heavy (non-hydrogen) atoms. The minimum Gasteiger partial charge on any atom is -0.389 e. The van der Waals surface area contributed by atoms with Gasteiger partial charge in [0.1, 0.15) is 0 Å². The number of amides is 1. The van der Waals surface area contributed by atoms with E-state index >= 15 is 0 Å². The Labute approximate surface area is 118 Å². The second-order valence-corrected chi connectivity index (χ2v) is 5.67. The zero-order valence-corrected chi connectivity index (χ0v) is 12.5. The summed E-state index contributed by atoms with van der Waals surface area (Å²) < 4.78 is 4.86. The van der Waals surface area contributed by atoms with Gasteiger partial charge in [-0.3, -0.25) is 9.69 Å². The second kappa shape index (κ2) is 8.27. The molecule has 1 aromatic rings. The monoisotopic (exact) mass is 286 g/mol. The molecule has 5 nitrogen and oxygen atoms in total. The molecule has 1 heterocycles. The van der Waals surface area contributed by atoms with E-state index in [4.69, 9.17) is 4.74 Å². The van der Waals surface area contributed by atoms with Crippen LogP contribution in [0.4, 0.5) is 0 Å². The fourth-order valence-electron chi connectivity index (χ4n) is 1.75. The number of methoxy groups -OCH3 is 1. The van der Waals surface area contributed by atoms with Crippen molar-refractivity contribution >= 4 is 17.2 Å². The third-order valence-corrected chi connectivity index (χ3v) is 3.55. The molecule has 108 valence electrons. The van der Waals surface area contributed by atoms with Gasteiger partial charge in [0.25, 0.3) is 0 Å². The lowest BCUT2D eigenvalue weighted by Crippen LogP contribution is -2.40. The molecule has 0 spiro atoms. The summed E-state index contributed by atoms with van der Waals surface area (Å²) in [5.41, 5.74) is 0. The number of ether oxygens (including phenoxy) is 1. The minimum atomic E-state index is -0.564. The average molecular weight is 286 g/mol. The quantitative estimate of drug-likeness (QED) is 0.762. The number of aliphatic hydroxyl groups is 1. The first-order chi connectivity index (χ1) is 9.02. The minimum absolute atomic E-state index is 0.0421. The molecule has 0 bridgehead atoms. The number of aliphatic hydroxyl groups excluding tert-OH is 1. The summed E-state index contributed by atoms with van der Waals surface area (Å²) in [4.78, 5) is 16.7. The first kappa shape index (κ1) is 16.1. The Hall–Kier alpha value is -0.950. The molecule has 0 aliphatic carbocycles. The van der Waals surface area contributed by atoms with Crippen LogP contribution in [0.1, 0.15) is 4.88 Å². The fourth-order valence-corrected chi connectivity index (χ4v) is 2.50. The smallest absolute Gasteiger partial charge is 0.236 e. The summed E-state index contributed by atoms with van der Waals surface area (Å²) in [5, 5.41) is 11.6. The van der Waals surface area contributed by atoms with Crippen molar-refractivity contribution in [2.45, 2.75) is 12.6 Å². The van der Waals surface area contributed by atoms with Gasteiger partial charge in [-0.2, -0.15) is 0 Å². The zero-order valence-electron chi connectivity index (χ0n) is 11.7.